The van der Waals surface area contributed by atoms with Crippen LogP contribution in [0.5, 0.6) is 0 Å². The minimum absolute atomic E-state index is 0.417. The van der Waals surface area contributed by atoms with Crippen molar-refractivity contribution in [1.82, 2.24) is 51.1 Å². The third kappa shape index (κ3) is 14.1. The first kappa shape index (κ1) is 85.3. The molecule has 0 amide bonds. The third-order valence-corrected chi connectivity index (χ3v) is 29.0. The summed E-state index contributed by atoms with van der Waals surface area (Å²) in [5.74, 6) is 3.43. The normalized spacial score (nSPS) is 11.7. The Kier molecular flexibility index (Phi) is 20.8. The summed E-state index contributed by atoms with van der Waals surface area (Å²) in [7, 11) is 2.25. The molecule has 0 aliphatic rings. The van der Waals surface area contributed by atoms with Crippen LogP contribution < -0.4 is 0 Å². The Morgan fingerprint density at radius 3 is 0.490 bits per heavy atom. The topological polar surface area (TPSA) is 118 Å². The van der Waals surface area contributed by atoms with Crippen LogP contribution in [0.4, 0.5) is 0 Å². The number of pyridine rings is 2. The van der Waals surface area contributed by atoms with E-state index in [0.717, 1.165) is 83.9 Å². The molecule has 11 heterocycles. The summed E-state index contributed by atoms with van der Waals surface area (Å²) in [5.41, 5.74) is 27.8. The molecular formula is C133H88N13P. The summed E-state index contributed by atoms with van der Waals surface area (Å²) in [6.45, 7) is 0.417. The van der Waals surface area contributed by atoms with Gasteiger partial charge in [-0.25, -0.2) is 9.97 Å². The number of aromatic nitrogens is 11. The molecule has 1 atom stereocenters. The molecule has 0 fully saturated rings. The van der Waals surface area contributed by atoms with Gasteiger partial charge in [-0.15, -0.1) is 9.24 Å². The van der Waals surface area contributed by atoms with E-state index in [1.165, 1.54) is 164 Å². The molecule has 0 N–H and O–H groups in total. The molecule has 13 nitrogen and oxygen atoms in total. The lowest BCUT2D eigenvalue weighted by Gasteiger charge is -2.17. The molecule has 14 heteroatoms. The number of benzene rings is 20. The Hall–Kier alpha value is -19.7. The fourth-order valence-electron chi connectivity index (χ4n) is 23.0. The Bertz CT molecular complexity index is 9520. The molecule has 20 aromatic carbocycles. The van der Waals surface area contributed by atoms with Crippen LogP contribution in [-0.4, -0.2) is 57.7 Å². The fourth-order valence-corrected chi connectivity index (χ4v) is 23.0. The van der Waals surface area contributed by atoms with Gasteiger partial charge in [0.15, 0.2) is 0 Å². The van der Waals surface area contributed by atoms with Crippen molar-refractivity contribution in [3.8, 4) is 63.8 Å². The van der Waals surface area contributed by atoms with Gasteiger partial charge in [-0.05, 0) is 194 Å². The van der Waals surface area contributed by atoms with E-state index in [2.05, 4.69) is 487 Å². The average Bonchev–Trinajstić information content (AvgIpc) is 1.54. The second kappa shape index (κ2) is 35.8. The summed E-state index contributed by atoms with van der Waals surface area (Å²) < 4.78 is 27.0. The van der Waals surface area contributed by atoms with Crippen LogP contribution in [-0.2, 0) is 0 Å². The van der Waals surface area contributed by atoms with E-state index in [-0.39, 0.29) is 0 Å². The molecule has 0 saturated carbocycles. The number of nitriles is 2. The van der Waals surface area contributed by atoms with Gasteiger partial charge in [-0.1, -0.05) is 316 Å². The first-order valence-electron chi connectivity index (χ1n) is 50.0. The minimum atomic E-state index is 0.417. The van der Waals surface area contributed by atoms with E-state index in [9.17, 15) is 10.5 Å². The molecule has 0 bridgehead atoms. The molecule has 0 saturated heterocycles. The standard InChI is InChI=1S/C42H27N3.C31H17N5.C30H20N2.C29H19N3.CH5P/c1-7-19-37-31(13-1)32-14-2-8-20-38(32)43(37)28-25-29(44-39-21-9-3-15-33(39)34-16-4-10-22-40(34)44)27-30(26-28)45-41-23-11-5-17-35(41)36-18-6-12-24-42(36)45;32-18-20-12-14-28-24(16-20)22-6-1-3-8-26(22)35(28)30-10-5-11-31(34-30)36-27-9-4-2-7-23(27)25-17-21(19-33)13-15-29(25)36;1-5-16-27-23(12-1)24-13-2-6-17-28(24)31(27)21-10-9-11-22(20-21)32-29-18-7-3-14-25(29)26-15-4-8-19-30(26)32;1-5-14-24-20(10-1)21-11-2-6-15-25(21)31(24)28-18-9-19-29(30-28)32-26-16-7-3-12-22(26)23-13-4-8-17-27(23)32;1-2/h1-27H;1-17H;1-20H;1-19H;2H2,1H3/i;;;;1T. The molecule has 31 aromatic rings. The van der Waals surface area contributed by atoms with Crippen LogP contribution in [0.3, 0.4) is 0 Å². The quantitative estimate of drug-likeness (QED) is 0.134. The molecule has 0 spiro atoms. The van der Waals surface area contributed by atoms with Crippen molar-refractivity contribution in [2.45, 2.75) is 0 Å². The molecule has 0 aliphatic heterocycles. The molecule has 1 unspecified atom stereocenters. The second-order valence-electron chi connectivity index (χ2n) is 36.9. The van der Waals surface area contributed by atoms with Gasteiger partial charge in [0.05, 0.1) is 140 Å². The number of fused-ring (bicyclic) bond motifs is 27. The van der Waals surface area contributed by atoms with E-state index in [0.29, 0.717) is 17.8 Å². The van der Waals surface area contributed by atoms with Crippen LogP contribution in [0.1, 0.15) is 12.5 Å². The molecule has 690 valence electrons. The number of hydrogen-bond acceptors (Lipinski definition) is 4. The second-order valence-corrected chi connectivity index (χ2v) is 36.9. The van der Waals surface area contributed by atoms with Crippen molar-refractivity contribution in [2.75, 3.05) is 6.64 Å². The van der Waals surface area contributed by atoms with Crippen molar-refractivity contribution >= 4 is 205 Å². The van der Waals surface area contributed by atoms with Gasteiger partial charge in [0.2, 0.25) is 0 Å². The molecular weight excluding hydrogens is 1810 g/mol. The highest BCUT2D eigenvalue weighted by molar-refractivity contribution is 7.15. The van der Waals surface area contributed by atoms with Crippen LogP contribution in [0.2, 0.25) is 0 Å². The van der Waals surface area contributed by atoms with Crippen molar-refractivity contribution in [3.05, 3.63) is 515 Å². The summed E-state index contributed by atoms with van der Waals surface area (Å²) in [6, 6.07) is 182. The highest BCUT2D eigenvalue weighted by Crippen LogP contribution is 2.45. The van der Waals surface area contributed by atoms with Gasteiger partial charge in [0.1, 0.15) is 23.3 Å². The van der Waals surface area contributed by atoms with E-state index in [1.54, 1.807) is 0 Å². The van der Waals surface area contributed by atoms with E-state index in [4.69, 9.17) is 11.3 Å². The van der Waals surface area contributed by atoms with Crippen LogP contribution >= 0.6 is 9.24 Å². The third-order valence-electron chi connectivity index (χ3n) is 29.0. The van der Waals surface area contributed by atoms with Gasteiger partial charge in [0.25, 0.3) is 0 Å². The van der Waals surface area contributed by atoms with Gasteiger partial charge in [0, 0.05) is 110 Å². The van der Waals surface area contributed by atoms with Gasteiger partial charge in [-0.2, -0.15) is 10.5 Å². The van der Waals surface area contributed by atoms with Crippen LogP contribution in [0, 0.1) is 22.7 Å². The summed E-state index contributed by atoms with van der Waals surface area (Å²) in [6.07, 6.45) is 0. The largest absolute Gasteiger partial charge is 0.309 e. The van der Waals surface area contributed by atoms with Gasteiger partial charge in [-0.3, -0.25) is 18.3 Å². The van der Waals surface area contributed by atoms with Crippen LogP contribution in [0.15, 0.2) is 504 Å². The zero-order chi connectivity index (χ0) is 98.6. The summed E-state index contributed by atoms with van der Waals surface area (Å²) >= 11 is 0. The smallest absolute Gasteiger partial charge is 0.140 e. The monoisotopic (exact) mass is 1900 g/mol. The number of rotatable bonds is 9. The zero-order valence-corrected chi connectivity index (χ0v) is 80.7. The van der Waals surface area contributed by atoms with Crippen LogP contribution in [0.25, 0.3) is 248 Å². The molecule has 147 heavy (non-hydrogen) atoms. The van der Waals surface area contributed by atoms with E-state index >= 15 is 0 Å². The van der Waals surface area contributed by atoms with Crippen molar-refractivity contribution in [1.29, 1.82) is 10.5 Å². The van der Waals surface area contributed by atoms with Gasteiger partial charge < -0.3 is 22.8 Å². The summed E-state index contributed by atoms with van der Waals surface area (Å²) in [4.78, 5) is 10.3. The zero-order valence-electron chi connectivity index (χ0n) is 80.5. The maximum Gasteiger partial charge on any atom is 0.140 e. The highest BCUT2D eigenvalue weighted by atomic mass is 31.0. The predicted octanol–water partition coefficient (Wildman–Crippen LogP) is 33.6. The predicted molar refractivity (Wildman–Crippen MR) is 615 cm³/mol. The molecule has 0 radical (unpaired) electrons. The maximum atomic E-state index is 9.45. The lowest BCUT2D eigenvalue weighted by atomic mass is 10.1. The Morgan fingerprint density at radius 1 is 0.163 bits per heavy atom. The van der Waals surface area contributed by atoms with Crippen molar-refractivity contribution in [2.24, 2.45) is 0 Å². The molecule has 11 aromatic heterocycles. The SMILES string of the molecule is N#Cc1ccc2c(c1)c1ccccc1n2-c1cccc(-n2c3ccccc3c3cc(C#N)ccc32)n1.[3H]CP.c1cc(-n2c3ccccc3c3ccccc32)cc(-n2c3ccccc3c3ccccc32)c1.c1cc(-n2c3ccccc3c3ccccc32)nc(-n2c3ccccc3c3ccccc32)c1.c1ccc2c(c1)c1ccccc1n2-c1cc(-n2c3ccccc3c3ccccc32)cc(-n2c3ccccc3c3ccccc32)c1. The molecule has 31 rings (SSSR count). The lowest BCUT2D eigenvalue weighted by molar-refractivity contribution is 1.01. The summed E-state index contributed by atoms with van der Waals surface area (Å²) in [5, 5.41) is 40.8. The minimum Gasteiger partial charge on any atom is -0.309 e. The highest BCUT2D eigenvalue weighted by Gasteiger charge is 2.25. The Morgan fingerprint density at radius 2 is 0.306 bits per heavy atom. The van der Waals surface area contributed by atoms with Gasteiger partial charge >= 0.3 is 0 Å². The Labute approximate surface area is 847 Å². The number of para-hydroxylation sites is 16. The number of hydrogen-bond donors (Lipinski definition) is 0. The lowest BCUT2D eigenvalue weighted by Crippen LogP contribution is -2.03. The van der Waals surface area contributed by atoms with E-state index < -0.39 is 0 Å². The molecule has 0 aliphatic carbocycles. The Balaban J connectivity index is 0.0000000975. The average molecular weight is 1900 g/mol. The number of nitrogens with zero attached hydrogens (tertiary/aromatic N) is 13. The first-order valence-corrected chi connectivity index (χ1v) is 50.1. The van der Waals surface area contributed by atoms with Crippen molar-refractivity contribution in [3.63, 3.8) is 0 Å². The maximum absolute atomic E-state index is 9.45. The first-order chi connectivity index (χ1) is 73.3. The van der Waals surface area contributed by atoms with E-state index in [1.807, 2.05) is 78.9 Å². The van der Waals surface area contributed by atoms with Crippen molar-refractivity contribution < 1.29 is 1.37 Å². The fraction of sp³-hybridized carbons (Fsp3) is 0.00752.